The van der Waals surface area contributed by atoms with Crippen LogP contribution in [0.5, 0.6) is 11.5 Å². The van der Waals surface area contributed by atoms with Crippen molar-refractivity contribution in [2.24, 2.45) is 0 Å². The van der Waals surface area contributed by atoms with E-state index in [-0.39, 0.29) is 11.8 Å². The summed E-state index contributed by atoms with van der Waals surface area (Å²) in [6.07, 6.45) is 3.70. The predicted molar refractivity (Wildman–Crippen MR) is 124 cm³/mol. The Hall–Kier alpha value is -3.13. The molecule has 1 atom stereocenters. The number of hydrogen-bond donors (Lipinski definition) is 1. The van der Waals surface area contributed by atoms with Gasteiger partial charge in [-0.15, -0.1) is 0 Å². The molecule has 164 valence electrons. The van der Waals surface area contributed by atoms with E-state index in [1.54, 1.807) is 11.8 Å². The molecule has 0 saturated heterocycles. The lowest BCUT2D eigenvalue weighted by atomic mass is 9.85. The Morgan fingerprint density at radius 3 is 2.94 bits per heavy atom. The van der Waals surface area contributed by atoms with Gasteiger partial charge in [0.15, 0.2) is 17.3 Å². The van der Waals surface area contributed by atoms with Crippen LogP contribution in [0.1, 0.15) is 42.0 Å². The van der Waals surface area contributed by atoms with Crippen molar-refractivity contribution in [3.8, 4) is 11.5 Å². The summed E-state index contributed by atoms with van der Waals surface area (Å²) in [6, 6.07) is 11.7. The number of allylic oxidation sites excluding steroid dienone is 2. The first-order valence-electron chi connectivity index (χ1n) is 10.5. The molecule has 2 aromatic carbocycles. The minimum absolute atomic E-state index is 0.139. The zero-order valence-corrected chi connectivity index (χ0v) is 19.5. The van der Waals surface area contributed by atoms with Crippen LogP contribution in [-0.2, 0) is 11.4 Å². The topological polar surface area (TPSA) is 78.3 Å². The van der Waals surface area contributed by atoms with Crippen LogP contribution in [0.25, 0.3) is 0 Å². The van der Waals surface area contributed by atoms with Crippen molar-refractivity contribution in [3.05, 3.63) is 75.2 Å². The highest BCUT2D eigenvalue weighted by molar-refractivity contribution is 9.10. The summed E-state index contributed by atoms with van der Waals surface area (Å²) in [5, 5.41) is 7.69. The number of ether oxygens (including phenoxy) is 2. The van der Waals surface area contributed by atoms with Crippen molar-refractivity contribution in [2.45, 2.75) is 38.8 Å². The molecule has 1 aliphatic carbocycles. The zero-order valence-electron chi connectivity index (χ0n) is 17.9. The van der Waals surface area contributed by atoms with Crippen molar-refractivity contribution in [2.75, 3.05) is 12.4 Å². The van der Waals surface area contributed by atoms with Crippen molar-refractivity contribution >= 4 is 27.7 Å². The zero-order chi connectivity index (χ0) is 22.2. The maximum atomic E-state index is 12.9. The minimum atomic E-state index is -0.368. The van der Waals surface area contributed by atoms with Gasteiger partial charge >= 0.3 is 0 Å². The Labute approximate surface area is 194 Å². The molecular formula is C24H23BrN4O3. The van der Waals surface area contributed by atoms with E-state index in [4.69, 9.17) is 9.47 Å². The van der Waals surface area contributed by atoms with Crippen molar-refractivity contribution in [1.29, 1.82) is 0 Å². The van der Waals surface area contributed by atoms with Gasteiger partial charge in [-0.2, -0.15) is 10.1 Å². The van der Waals surface area contributed by atoms with E-state index >= 15 is 0 Å². The van der Waals surface area contributed by atoms with E-state index in [0.29, 0.717) is 30.5 Å². The average Bonchev–Trinajstić information content (AvgIpc) is 3.25. The number of hydrogen-bond acceptors (Lipinski definition) is 6. The summed E-state index contributed by atoms with van der Waals surface area (Å²) in [5.41, 5.74) is 4.82. The lowest BCUT2D eigenvalue weighted by molar-refractivity contribution is -0.116. The van der Waals surface area contributed by atoms with E-state index in [2.05, 4.69) is 50.4 Å². The summed E-state index contributed by atoms with van der Waals surface area (Å²) < 4.78 is 14.3. The maximum absolute atomic E-state index is 12.9. The molecule has 32 heavy (non-hydrogen) atoms. The predicted octanol–water partition coefficient (Wildman–Crippen LogP) is 4.96. The third-order valence-electron chi connectivity index (χ3n) is 5.84. The fourth-order valence-electron chi connectivity index (χ4n) is 4.40. The number of aryl methyl sites for hydroxylation is 1. The molecule has 1 aliphatic heterocycles. The third kappa shape index (κ3) is 3.68. The van der Waals surface area contributed by atoms with Gasteiger partial charge < -0.3 is 14.8 Å². The van der Waals surface area contributed by atoms with Gasteiger partial charge in [0.2, 0.25) is 5.95 Å². The molecular weight excluding hydrogens is 472 g/mol. The second kappa shape index (κ2) is 8.43. The molecule has 8 heteroatoms. The Bertz CT molecular complexity index is 1230. The van der Waals surface area contributed by atoms with Crippen LogP contribution >= 0.6 is 15.9 Å². The Kier molecular flexibility index (Phi) is 5.46. The number of carbonyl (C=O) groups is 1. The van der Waals surface area contributed by atoms with Gasteiger partial charge in [0.1, 0.15) is 19.0 Å². The van der Waals surface area contributed by atoms with Gasteiger partial charge in [0.05, 0.1) is 11.6 Å². The van der Waals surface area contributed by atoms with Gasteiger partial charge in [0.25, 0.3) is 0 Å². The highest BCUT2D eigenvalue weighted by Crippen LogP contribution is 2.44. The third-order valence-corrected chi connectivity index (χ3v) is 6.43. The van der Waals surface area contributed by atoms with Crippen LogP contribution < -0.4 is 14.8 Å². The van der Waals surface area contributed by atoms with Gasteiger partial charge in [-0.25, -0.2) is 4.68 Å². The number of nitrogens with zero attached hydrogens (tertiary/aromatic N) is 3. The molecule has 7 nitrogen and oxygen atoms in total. The number of aromatic nitrogens is 3. The van der Waals surface area contributed by atoms with Crippen molar-refractivity contribution in [3.63, 3.8) is 0 Å². The number of halogens is 1. The van der Waals surface area contributed by atoms with Crippen LogP contribution in [0.4, 0.5) is 5.95 Å². The van der Waals surface area contributed by atoms with E-state index in [0.717, 1.165) is 39.7 Å². The van der Waals surface area contributed by atoms with E-state index < -0.39 is 0 Å². The molecule has 0 fully saturated rings. The number of methoxy groups -OCH3 is 1. The van der Waals surface area contributed by atoms with Gasteiger partial charge in [-0.1, -0.05) is 29.8 Å². The van der Waals surface area contributed by atoms with Crippen LogP contribution in [0.3, 0.4) is 0 Å². The van der Waals surface area contributed by atoms with Gasteiger partial charge in [-0.05, 0) is 59.0 Å². The van der Waals surface area contributed by atoms with E-state index in [1.165, 1.54) is 11.9 Å². The minimum Gasteiger partial charge on any atom is -0.493 e. The maximum Gasteiger partial charge on any atom is 0.226 e. The molecule has 0 amide bonds. The molecule has 5 rings (SSSR count). The van der Waals surface area contributed by atoms with Crippen LogP contribution in [0.15, 0.2) is 58.5 Å². The highest BCUT2D eigenvalue weighted by atomic mass is 79.9. The summed E-state index contributed by atoms with van der Waals surface area (Å²) in [4.78, 5) is 17.2. The Morgan fingerprint density at radius 1 is 1.25 bits per heavy atom. The average molecular weight is 495 g/mol. The summed E-state index contributed by atoms with van der Waals surface area (Å²) in [6.45, 7) is 2.48. The van der Waals surface area contributed by atoms with Crippen molar-refractivity contribution in [1.82, 2.24) is 14.8 Å². The normalized spacial score (nSPS) is 17.5. The second-order valence-electron chi connectivity index (χ2n) is 8.04. The molecule has 0 bridgehead atoms. The smallest absolute Gasteiger partial charge is 0.226 e. The number of rotatable bonds is 5. The number of anilines is 1. The second-order valence-corrected chi connectivity index (χ2v) is 8.89. The van der Waals surface area contributed by atoms with Crippen LogP contribution in [0, 0.1) is 6.92 Å². The lowest BCUT2D eigenvalue weighted by Crippen LogP contribution is -2.31. The number of fused-ring (bicyclic) bond motifs is 1. The first-order valence-corrected chi connectivity index (χ1v) is 11.3. The molecule has 0 radical (unpaired) electrons. The van der Waals surface area contributed by atoms with Gasteiger partial charge in [-0.3, -0.25) is 4.79 Å². The molecule has 0 saturated carbocycles. The monoisotopic (exact) mass is 494 g/mol. The molecule has 1 unspecified atom stereocenters. The number of carbonyl (C=O) groups excluding carboxylic acids is 1. The van der Waals surface area contributed by atoms with E-state index in [1.807, 2.05) is 24.3 Å². The van der Waals surface area contributed by atoms with E-state index in [9.17, 15) is 4.79 Å². The summed E-state index contributed by atoms with van der Waals surface area (Å²) >= 11 is 3.66. The molecule has 3 aromatic rings. The first-order chi connectivity index (χ1) is 15.5. The van der Waals surface area contributed by atoms with Crippen molar-refractivity contribution < 1.29 is 14.3 Å². The molecule has 2 heterocycles. The quantitative estimate of drug-likeness (QED) is 0.539. The largest absolute Gasteiger partial charge is 0.493 e. The Balaban J connectivity index is 1.53. The fourth-order valence-corrected chi connectivity index (χ4v) is 4.97. The van der Waals surface area contributed by atoms with Gasteiger partial charge in [0, 0.05) is 17.7 Å². The van der Waals surface area contributed by atoms with Crippen LogP contribution in [0.2, 0.25) is 0 Å². The highest BCUT2D eigenvalue weighted by Gasteiger charge is 2.36. The fraction of sp³-hybridized carbons (Fsp3) is 0.292. The molecule has 0 spiro atoms. The standard InChI is InChI=1S/C24H23BrN4O3/c1-14-5-3-6-15(9-14)12-32-23-17(25)10-16(11-20(23)31-2)22-21-18(7-4-8-19(21)30)28-24-26-13-27-29(22)24/h3,5-6,9-11,13,22H,4,7-8,12H2,1-2H3,(H,26,27,28). The molecule has 1 aromatic heterocycles. The number of nitrogens with one attached hydrogen (secondary N) is 1. The number of Topliss-reactive ketones (excluding diaryl/α,β-unsaturated/α-hetero) is 1. The molecule has 1 N–H and O–H groups in total. The first kappa shape index (κ1) is 20.8. The van der Waals surface area contributed by atoms with Crippen LogP contribution in [-0.4, -0.2) is 27.7 Å². The number of benzene rings is 2. The SMILES string of the molecule is COc1cc(C2C3=C(CCCC3=O)Nc3ncnn32)cc(Br)c1OCc1cccc(C)c1. The summed E-state index contributed by atoms with van der Waals surface area (Å²) in [7, 11) is 1.62. The lowest BCUT2D eigenvalue weighted by Gasteiger charge is -2.32. The Morgan fingerprint density at radius 2 is 2.12 bits per heavy atom. The summed E-state index contributed by atoms with van der Waals surface area (Å²) in [5.74, 6) is 1.99. The molecule has 2 aliphatic rings. The number of ketones is 1.